The molecular formula is C9H13N3O2. The third kappa shape index (κ3) is 1.05. The number of aromatic amines is 1. The fourth-order valence-electron chi connectivity index (χ4n) is 2.13. The molecule has 5 nitrogen and oxygen atoms in total. The molecule has 2 rings (SSSR count). The topological polar surface area (TPSA) is 92.0 Å². The van der Waals surface area contributed by atoms with Crippen LogP contribution in [0.1, 0.15) is 29.8 Å². The van der Waals surface area contributed by atoms with Gasteiger partial charge in [-0.3, -0.25) is 5.10 Å². The number of aliphatic carboxylic acids is 1. The second kappa shape index (κ2) is 2.81. The van der Waals surface area contributed by atoms with E-state index in [1.54, 1.807) is 0 Å². The Hall–Kier alpha value is -1.36. The van der Waals surface area contributed by atoms with Crippen LogP contribution in [0.2, 0.25) is 0 Å². The summed E-state index contributed by atoms with van der Waals surface area (Å²) < 4.78 is 0. The van der Waals surface area contributed by atoms with Gasteiger partial charge in [-0.05, 0) is 26.2 Å². The molecule has 76 valence electrons. The summed E-state index contributed by atoms with van der Waals surface area (Å²) >= 11 is 0. The summed E-state index contributed by atoms with van der Waals surface area (Å²) in [5, 5.41) is 16.0. The van der Waals surface area contributed by atoms with Crippen molar-refractivity contribution in [3.05, 3.63) is 17.0 Å². The van der Waals surface area contributed by atoms with Gasteiger partial charge in [0.25, 0.3) is 0 Å². The Balaban J connectivity index is 2.59. The largest absolute Gasteiger partial charge is 0.480 e. The van der Waals surface area contributed by atoms with Gasteiger partial charge in [-0.2, -0.15) is 5.10 Å². The lowest BCUT2D eigenvalue weighted by atomic mass is 9.79. The SMILES string of the molecule is Cc1[nH]nc2c1C(N)(C(=O)O)CCC2. The van der Waals surface area contributed by atoms with Crippen LogP contribution in [0.4, 0.5) is 0 Å². The summed E-state index contributed by atoms with van der Waals surface area (Å²) in [4.78, 5) is 11.1. The Kier molecular flexibility index (Phi) is 1.85. The first kappa shape index (κ1) is 9.21. The molecular weight excluding hydrogens is 182 g/mol. The van der Waals surface area contributed by atoms with E-state index in [9.17, 15) is 4.79 Å². The third-order valence-corrected chi connectivity index (χ3v) is 2.83. The van der Waals surface area contributed by atoms with Crippen molar-refractivity contribution in [2.24, 2.45) is 5.73 Å². The molecule has 0 aliphatic heterocycles. The van der Waals surface area contributed by atoms with E-state index in [4.69, 9.17) is 10.8 Å². The molecule has 1 heterocycles. The molecule has 5 heteroatoms. The number of hydrogen-bond acceptors (Lipinski definition) is 3. The monoisotopic (exact) mass is 195 g/mol. The molecule has 0 amide bonds. The number of nitrogens with one attached hydrogen (secondary N) is 1. The second-order valence-corrected chi connectivity index (χ2v) is 3.80. The number of carbonyl (C=O) groups is 1. The number of H-pyrrole nitrogens is 1. The molecule has 0 aromatic carbocycles. The molecule has 0 bridgehead atoms. The van der Waals surface area contributed by atoms with E-state index >= 15 is 0 Å². The number of carboxylic acid groups (broad SMARTS) is 1. The molecule has 4 N–H and O–H groups in total. The molecule has 1 aromatic rings. The number of fused-ring (bicyclic) bond motifs is 1. The van der Waals surface area contributed by atoms with E-state index in [0.29, 0.717) is 12.0 Å². The van der Waals surface area contributed by atoms with Gasteiger partial charge in [-0.25, -0.2) is 4.79 Å². The van der Waals surface area contributed by atoms with Crippen molar-refractivity contribution >= 4 is 5.97 Å². The fraction of sp³-hybridized carbons (Fsp3) is 0.556. The minimum atomic E-state index is -1.25. The van der Waals surface area contributed by atoms with Crippen LogP contribution in [-0.2, 0) is 16.8 Å². The van der Waals surface area contributed by atoms with Gasteiger partial charge in [0.05, 0.1) is 5.69 Å². The van der Waals surface area contributed by atoms with Gasteiger partial charge in [0.2, 0.25) is 0 Å². The number of nitrogens with zero attached hydrogens (tertiary/aromatic N) is 1. The van der Waals surface area contributed by atoms with Gasteiger partial charge in [0.15, 0.2) is 0 Å². The number of hydrogen-bond donors (Lipinski definition) is 3. The van der Waals surface area contributed by atoms with Crippen LogP contribution in [0.3, 0.4) is 0 Å². The van der Waals surface area contributed by atoms with Crippen molar-refractivity contribution in [1.82, 2.24) is 10.2 Å². The van der Waals surface area contributed by atoms with E-state index < -0.39 is 11.5 Å². The highest BCUT2D eigenvalue weighted by Gasteiger charge is 2.42. The number of aryl methyl sites for hydroxylation is 2. The highest BCUT2D eigenvalue weighted by Crippen LogP contribution is 2.34. The predicted octanol–water partition coefficient (Wildman–Crippen LogP) is 0.293. The van der Waals surface area contributed by atoms with Crippen LogP contribution < -0.4 is 5.73 Å². The highest BCUT2D eigenvalue weighted by atomic mass is 16.4. The zero-order chi connectivity index (χ0) is 10.3. The molecule has 1 aromatic heterocycles. The number of nitrogens with two attached hydrogens (primary N) is 1. The van der Waals surface area contributed by atoms with E-state index in [1.807, 2.05) is 6.92 Å². The molecule has 1 atom stereocenters. The lowest BCUT2D eigenvalue weighted by Crippen LogP contribution is -2.47. The van der Waals surface area contributed by atoms with Crippen LogP contribution in [0.15, 0.2) is 0 Å². The van der Waals surface area contributed by atoms with Gasteiger partial charge >= 0.3 is 5.97 Å². The van der Waals surface area contributed by atoms with Crippen molar-refractivity contribution in [3.63, 3.8) is 0 Å². The Morgan fingerprint density at radius 1 is 1.71 bits per heavy atom. The van der Waals surface area contributed by atoms with Crippen molar-refractivity contribution in [2.45, 2.75) is 31.7 Å². The smallest absolute Gasteiger partial charge is 0.328 e. The van der Waals surface area contributed by atoms with E-state index in [-0.39, 0.29) is 0 Å². The molecule has 1 aliphatic carbocycles. The van der Waals surface area contributed by atoms with Crippen LogP contribution in [-0.4, -0.2) is 21.3 Å². The first-order valence-electron chi connectivity index (χ1n) is 4.62. The summed E-state index contributed by atoms with van der Waals surface area (Å²) in [7, 11) is 0. The zero-order valence-electron chi connectivity index (χ0n) is 8.00. The maximum absolute atomic E-state index is 11.1. The number of carboxylic acids is 1. The number of aromatic nitrogens is 2. The third-order valence-electron chi connectivity index (χ3n) is 2.83. The summed E-state index contributed by atoms with van der Waals surface area (Å²) in [5.41, 5.74) is 6.90. The summed E-state index contributed by atoms with van der Waals surface area (Å²) in [6.07, 6.45) is 2.07. The van der Waals surface area contributed by atoms with Gasteiger partial charge in [-0.1, -0.05) is 0 Å². The van der Waals surface area contributed by atoms with Crippen LogP contribution in [0.5, 0.6) is 0 Å². The molecule has 0 saturated heterocycles. The minimum Gasteiger partial charge on any atom is -0.480 e. The molecule has 0 saturated carbocycles. The van der Waals surface area contributed by atoms with E-state index in [0.717, 1.165) is 24.2 Å². The predicted molar refractivity (Wildman–Crippen MR) is 49.8 cm³/mol. The van der Waals surface area contributed by atoms with E-state index in [2.05, 4.69) is 10.2 Å². The lowest BCUT2D eigenvalue weighted by molar-refractivity contribution is -0.144. The van der Waals surface area contributed by atoms with Crippen LogP contribution in [0.25, 0.3) is 0 Å². The Bertz CT molecular complexity index is 385. The highest BCUT2D eigenvalue weighted by molar-refractivity contribution is 5.81. The van der Waals surface area contributed by atoms with Gasteiger partial charge in [0.1, 0.15) is 5.54 Å². The van der Waals surface area contributed by atoms with E-state index in [1.165, 1.54) is 0 Å². The Morgan fingerprint density at radius 2 is 2.43 bits per heavy atom. The zero-order valence-corrected chi connectivity index (χ0v) is 8.00. The Labute approximate surface area is 81.3 Å². The maximum Gasteiger partial charge on any atom is 0.328 e. The van der Waals surface area contributed by atoms with Crippen molar-refractivity contribution in [3.8, 4) is 0 Å². The average molecular weight is 195 g/mol. The summed E-state index contributed by atoms with van der Waals surface area (Å²) in [5.74, 6) is -0.969. The molecule has 14 heavy (non-hydrogen) atoms. The van der Waals surface area contributed by atoms with Gasteiger partial charge in [-0.15, -0.1) is 0 Å². The maximum atomic E-state index is 11.1. The lowest BCUT2D eigenvalue weighted by Gasteiger charge is -2.29. The summed E-state index contributed by atoms with van der Waals surface area (Å²) in [6.45, 7) is 1.81. The molecule has 1 aliphatic rings. The number of rotatable bonds is 1. The molecule has 0 radical (unpaired) electrons. The normalized spacial score (nSPS) is 25.9. The first-order valence-corrected chi connectivity index (χ1v) is 4.62. The quantitative estimate of drug-likeness (QED) is 0.600. The van der Waals surface area contributed by atoms with Crippen molar-refractivity contribution in [1.29, 1.82) is 0 Å². The van der Waals surface area contributed by atoms with Crippen LogP contribution >= 0.6 is 0 Å². The minimum absolute atomic E-state index is 0.482. The molecule has 0 fully saturated rings. The molecule has 1 unspecified atom stereocenters. The van der Waals surface area contributed by atoms with Crippen molar-refractivity contribution < 1.29 is 9.90 Å². The fourth-order valence-corrected chi connectivity index (χ4v) is 2.13. The Morgan fingerprint density at radius 3 is 3.07 bits per heavy atom. The van der Waals surface area contributed by atoms with Crippen molar-refractivity contribution in [2.75, 3.05) is 0 Å². The standard InChI is InChI=1S/C9H13N3O2/c1-5-7-6(12-11-5)3-2-4-9(7,10)8(13)14/h2-4,10H2,1H3,(H,11,12)(H,13,14). The van der Waals surface area contributed by atoms with Gasteiger partial charge in [0, 0.05) is 11.3 Å². The second-order valence-electron chi connectivity index (χ2n) is 3.80. The average Bonchev–Trinajstić information content (AvgIpc) is 2.49. The molecule has 0 spiro atoms. The first-order chi connectivity index (χ1) is 6.55. The van der Waals surface area contributed by atoms with Crippen LogP contribution in [0, 0.1) is 6.92 Å². The van der Waals surface area contributed by atoms with Gasteiger partial charge < -0.3 is 10.8 Å². The summed E-state index contributed by atoms with van der Waals surface area (Å²) in [6, 6.07) is 0.